The molecule has 1 aliphatic rings. The summed E-state index contributed by atoms with van der Waals surface area (Å²) in [5.74, 6) is 0.729. The van der Waals surface area contributed by atoms with Gasteiger partial charge < -0.3 is 15.0 Å². The summed E-state index contributed by atoms with van der Waals surface area (Å²) in [5, 5.41) is 2.95. The summed E-state index contributed by atoms with van der Waals surface area (Å²) in [7, 11) is 0. The van der Waals surface area contributed by atoms with Gasteiger partial charge in [0, 0.05) is 19.5 Å². The number of hydrogen-bond donors (Lipinski definition) is 1. The lowest BCUT2D eigenvalue weighted by Crippen LogP contribution is -2.52. The molecule has 0 fully saturated rings. The van der Waals surface area contributed by atoms with Crippen LogP contribution in [-0.2, 0) is 22.6 Å². The van der Waals surface area contributed by atoms with E-state index in [2.05, 4.69) is 17.4 Å². The Labute approximate surface area is 173 Å². The lowest BCUT2D eigenvalue weighted by atomic mass is 9.97. The van der Waals surface area contributed by atoms with Crippen LogP contribution in [0.5, 0.6) is 5.75 Å². The molecular weight excluding hydrogens is 364 g/mol. The predicted molar refractivity (Wildman–Crippen MR) is 114 cm³/mol. The molecule has 0 saturated heterocycles. The largest absolute Gasteiger partial charge is 0.494 e. The highest BCUT2D eigenvalue weighted by molar-refractivity contribution is 5.88. The van der Waals surface area contributed by atoms with Crippen molar-refractivity contribution in [1.29, 1.82) is 0 Å². The van der Waals surface area contributed by atoms with Gasteiger partial charge in [-0.3, -0.25) is 9.59 Å². The van der Waals surface area contributed by atoms with E-state index in [1.165, 1.54) is 11.1 Å². The number of fused-ring (bicyclic) bond motifs is 1. The molecule has 2 aromatic rings. The molecule has 3 rings (SSSR count). The van der Waals surface area contributed by atoms with Gasteiger partial charge in [-0.25, -0.2) is 0 Å². The van der Waals surface area contributed by atoms with E-state index in [0.717, 1.165) is 12.2 Å². The third-order valence-corrected chi connectivity index (χ3v) is 5.25. The Balaban J connectivity index is 1.49. The normalized spacial score (nSPS) is 14.2. The minimum atomic E-state index is -0.497. The quantitative estimate of drug-likeness (QED) is 0.697. The highest BCUT2D eigenvalue weighted by Crippen LogP contribution is 2.20. The molecule has 5 heteroatoms. The van der Waals surface area contributed by atoms with Gasteiger partial charge in [0.15, 0.2) is 0 Å². The fraction of sp³-hybridized carbons (Fsp3) is 0.417. The average molecular weight is 395 g/mol. The number of para-hydroxylation sites is 1. The molecule has 0 spiro atoms. The van der Waals surface area contributed by atoms with E-state index >= 15 is 0 Å². The number of benzene rings is 2. The van der Waals surface area contributed by atoms with Crippen LogP contribution < -0.4 is 10.1 Å². The van der Waals surface area contributed by atoms with Crippen LogP contribution in [0.25, 0.3) is 0 Å². The van der Waals surface area contributed by atoms with Gasteiger partial charge in [0.05, 0.1) is 6.61 Å². The molecule has 29 heavy (non-hydrogen) atoms. The van der Waals surface area contributed by atoms with Crippen molar-refractivity contribution in [2.45, 2.75) is 45.7 Å². The fourth-order valence-corrected chi connectivity index (χ4v) is 3.58. The zero-order valence-corrected chi connectivity index (χ0v) is 17.3. The van der Waals surface area contributed by atoms with Crippen LogP contribution in [0.1, 0.15) is 37.8 Å². The molecule has 0 saturated carbocycles. The monoisotopic (exact) mass is 394 g/mol. The first-order chi connectivity index (χ1) is 14.0. The van der Waals surface area contributed by atoms with Crippen molar-refractivity contribution >= 4 is 11.8 Å². The van der Waals surface area contributed by atoms with Crippen LogP contribution in [-0.4, -0.2) is 35.9 Å². The summed E-state index contributed by atoms with van der Waals surface area (Å²) >= 11 is 0. The second-order valence-corrected chi connectivity index (χ2v) is 7.83. The first kappa shape index (κ1) is 20.9. The Kier molecular flexibility index (Phi) is 7.28. The predicted octanol–water partition coefficient (Wildman–Crippen LogP) is 3.57. The zero-order chi connectivity index (χ0) is 20.6. The lowest BCUT2D eigenvalue weighted by Gasteiger charge is -2.33. The Bertz CT molecular complexity index is 820. The number of amides is 2. The molecule has 1 aliphatic heterocycles. The number of nitrogens with one attached hydrogen (secondary N) is 1. The van der Waals surface area contributed by atoms with Gasteiger partial charge in [0.1, 0.15) is 11.8 Å². The van der Waals surface area contributed by atoms with E-state index in [1.807, 2.05) is 61.2 Å². The molecule has 1 heterocycles. The molecule has 0 unspecified atom stereocenters. The van der Waals surface area contributed by atoms with Gasteiger partial charge in [-0.1, -0.05) is 56.3 Å². The fourth-order valence-electron chi connectivity index (χ4n) is 3.58. The van der Waals surface area contributed by atoms with Crippen LogP contribution in [0, 0.1) is 5.92 Å². The number of rotatable bonds is 8. The number of carbonyl (C=O) groups excluding carboxylic acids is 2. The molecule has 0 aliphatic carbocycles. The Morgan fingerprint density at radius 1 is 1.03 bits per heavy atom. The van der Waals surface area contributed by atoms with E-state index in [1.54, 1.807) is 0 Å². The molecule has 1 atom stereocenters. The Hall–Kier alpha value is -2.82. The highest BCUT2D eigenvalue weighted by Gasteiger charge is 2.30. The van der Waals surface area contributed by atoms with Crippen molar-refractivity contribution < 1.29 is 14.3 Å². The van der Waals surface area contributed by atoms with Crippen LogP contribution in [0.3, 0.4) is 0 Å². The van der Waals surface area contributed by atoms with Gasteiger partial charge in [-0.15, -0.1) is 0 Å². The van der Waals surface area contributed by atoms with E-state index in [-0.39, 0.29) is 17.7 Å². The number of nitrogens with zero attached hydrogens (tertiary/aromatic N) is 1. The first-order valence-electron chi connectivity index (χ1n) is 10.4. The van der Waals surface area contributed by atoms with E-state index < -0.39 is 6.04 Å². The number of ether oxygens (including phenoxy) is 1. The van der Waals surface area contributed by atoms with E-state index in [4.69, 9.17) is 4.74 Å². The Morgan fingerprint density at radius 3 is 2.45 bits per heavy atom. The Morgan fingerprint density at radius 2 is 1.72 bits per heavy atom. The molecule has 0 radical (unpaired) electrons. The van der Waals surface area contributed by atoms with E-state index in [0.29, 0.717) is 32.5 Å². The SMILES string of the molecule is CC(C)[C@H](NC(=O)CCCOc1ccccc1)C(=O)N1CCc2ccccc2C1. The van der Waals surface area contributed by atoms with Crippen molar-refractivity contribution in [2.75, 3.05) is 13.2 Å². The minimum Gasteiger partial charge on any atom is -0.494 e. The summed E-state index contributed by atoms with van der Waals surface area (Å²) in [4.78, 5) is 27.4. The van der Waals surface area contributed by atoms with Crippen molar-refractivity contribution in [3.8, 4) is 5.75 Å². The van der Waals surface area contributed by atoms with Gasteiger partial charge in [-0.05, 0) is 42.0 Å². The molecule has 5 nitrogen and oxygen atoms in total. The molecule has 0 bridgehead atoms. The summed E-state index contributed by atoms with van der Waals surface area (Å²) in [6, 6.07) is 17.3. The smallest absolute Gasteiger partial charge is 0.245 e. The molecule has 0 aromatic heterocycles. The maximum atomic E-state index is 13.1. The summed E-state index contributed by atoms with van der Waals surface area (Å²) in [6.07, 6.45) is 1.81. The van der Waals surface area contributed by atoms with Crippen LogP contribution in [0.15, 0.2) is 54.6 Å². The molecule has 1 N–H and O–H groups in total. The van der Waals surface area contributed by atoms with Gasteiger partial charge in [0.2, 0.25) is 11.8 Å². The number of carbonyl (C=O) groups is 2. The maximum Gasteiger partial charge on any atom is 0.245 e. The first-order valence-corrected chi connectivity index (χ1v) is 10.4. The highest BCUT2D eigenvalue weighted by atomic mass is 16.5. The molecule has 154 valence electrons. The lowest BCUT2D eigenvalue weighted by molar-refractivity contribution is -0.138. The van der Waals surface area contributed by atoms with Crippen molar-refractivity contribution in [3.05, 3.63) is 65.7 Å². The van der Waals surface area contributed by atoms with Gasteiger partial charge >= 0.3 is 0 Å². The maximum absolute atomic E-state index is 13.1. The second kappa shape index (κ2) is 10.1. The standard InChI is InChI=1S/C24H30N2O3/c1-18(2)23(24(28)26-15-14-19-9-6-7-10-20(19)17-26)25-22(27)13-8-16-29-21-11-4-3-5-12-21/h3-7,9-12,18,23H,8,13-17H2,1-2H3,(H,25,27)/t23-/m0/s1. The minimum absolute atomic E-state index is 0.00314. The zero-order valence-electron chi connectivity index (χ0n) is 17.3. The topological polar surface area (TPSA) is 58.6 Å². The van der Waals surface area contributed by atoms with Crippen LogP contribution in [0.2, 0.25) is 0 Å². The third-order valence-electron chi connectivity index (χ3n) is 5.25. The third kappa shape index (κ3) is 5.83. The van der Waals surface area contributed by atoms with Crippen LogP contribution in [0.4, 0.5) is 0 Å². The van der Waals surface area contributed by atoms with Crippen molar-refractivity contribution in [3.63, 3.8) is 0 Å². The second-order valence-electron chi connectivity index (χ2n) is 7.83. The number of hydrogen-bond acceptors (Lipinski definition) is 3. The summed E-state index contributed by atoms with van der Waals surface area (Å²) < 4.78 is 5.63. The van der Waals surface area contributed by atoms with Gasteiger partial charge in [-0.2, -0.15) is 0 Å². The molecule has 2 aromatic carbocycles. The molecular formula is C24H30N2O3. The molecule has 2 amide bonds. The van der Waals surface area contributed by atoms with Crippen LogP contribution >= 0.6 is 0 Å². The van der Waals surface area contributed by atoms with Crippen molar-refractivity contribution in [1.82, 2.24) is 10.2 Å². The summed E-state index contributed by atoms with van der Waals surface area (Å²) in [6.45, 7) is 5.72. The van der Waals surface area contributed by atoms with Gasteiger partial charge in [0.25, 0.3) is 0 Å². The van der Waals surface area contributed by atoms with E-state index in [9.17, 15) is 9.59 Å². The average Bonchev–Trinajstić information content (AvgIpc) is 2.75. The summed E-state index contributed by atoms with van der Waals surface area (Å²) in [5.41, 5.74) is 2.50. The van der Waals surface area contributed by atoms with Crippen molar-refractivity contribution in [2.24, 2.45) is 5.92 Å².